The first-order chi connectivity index (χ1) is 9.60. The second-order valence-corrected chi connectivity index (χ2v) is 5.09. The van der Waals surface area contributed by atoms with Gasteiger partial charge in [-0.15, -0.1) is 0 Å². The zero-order chi connectivity index (χ0) is 14.5. The molecular weight excluding hydrogens is 282 g/mol. The molecule has 6 heteroatoms. The van der Waals surface area contributed by atoms with Crippen molar-refractivity contribution in [2.45, 2.75) is 25.3 Å². The van der Waals surface area contributed by atoms with Gasteiger partial charge in [0.2, 0.25) is 0 Å². The minimum atomic E-state index is -0.249. The number of ether oxygens (including phenoxy) is 3. The van der Waals surface area contributed by atoms with Crippen LogP contribution in [0.25, 0.3) is 0 Å². The molecule has 0 saturated carbocycles. The van der Waals surface area contributed by atoms with E-state index in [1.54, 1.807) is 0 Å². The number of benzene rings is 1. The third-order valence-electron chi connectivity index (χ3n) is 3.10. The van der Waals surface area contributed by atoms with Crippen LogP contribution >= 0.6 is 11.6 Å². The number of halogens is 1. The molecule has 110 valence electrons. The van der Waals surface area contributed by atoms with Crippen molar-refractivity contribution in [1.29, 1.82) is 0 Å². The lowest BCUT2D eigenvalue weighted by Crippen LogP contribution is -2.24. The number of esters is 1. The van der Waals surface area contributed by atoms with E-state index in [1.165, 1.54) is 7.11 Å². The molecule has 0 fully saturated rings. The highest BCUT2D eigenvalue weighted by atomic mass is 35.5. The zero-order valence-corrected chi connectivity index (χ0v) is 12.1. The average molecular weight is 300 g/mol. The van der Waals surface area contributed by atoms with Crippen LogP contribution in [0.1, 0.15) is 18.4 Å². The molecule has 2 N–H and O–H groups in total. The fourth-order valence-electron chi connectivity index (χ4n) is 2.09. The van der Waals surface area contributed by atoms with Crippen LogP contribution in [0.2, 0.25) is 5.02 Å². The van der Waals surface area contributed by atoms with Crippen LogP contribution in [-0.4, -0.2) is 32.3 Å². The summed E-state index contributed by atoms with van der Waals surface area (Å²) in [6.45, 7) is 1.02. The van der Waals surface area contributed by atoms with E-state index in [9.17, 15) is 4.79 Å². The predicted molar refractivity (Wildman–Crippen MR) is 75.4 cm³/mol. The molecule has 20 heavy (non-hydrogen) atoms. The lowest BCUT2D eigenvalue weighted by molar-refractivity contribution is -0.140. The van der Waals surface area contributed by atoms with Crippen LogP contribution in [0.5, 0.6) is 11.5 Å². The SMILES string of the molecule is COC(=O)CCC(N)Cc1cc(Cl)c2c(c1)OCCO2. The fraction of sp³-hybridized carbons (Fsp3) is 0.500. The molecule has 1 heterocycles. The van der Waals surface area contributed by atoms with Crippen LogP contribution in [0, 0.1) is 0 Å². The molecule has 1 atom stereocenters. The van der Waals surface area contributed by atoms with Crippen molar-refractivity contribution >= 4 is 17.6 Å². The Hall–Kier alpha value is -1.46. The van der Waals surface area contributed by atoms with E-state index in [4.69, 9.17) is 26.8 Å². The Morgan fingerprint density at radius 3 is 2.95 bits per heavy atom. The number of fused-ring (bicyclic) bond motifs is 1. The van der Waals surface area contributed by atoms with E-state index in [2.05, 4.69) is 4.74 Å². The first-order valence-electron chi connectivity index (χ1n) is 6.50. The normalized spacial score (nSPS) is 14.8. The Balaban J connectivity index is 1.99. The van der Waals surface area contributed by atoms with Crippen LogP contribution in [-0.2, 0) is 16.0 Å². The van der Waals surface area contributed by atoms with Crippen molar-refractivity contribution in [2.75, 3.05) is 20.3 Å². The molecule has 0 spiro atoms. The quantitative estimate of drug-likeness (QED) is 0.841. The molecule has 1 aliphatic rings. The van der Waals surface area contributed by atoms with Gasteiger partial charge in [-0.2, -0.15) is 0 Å². The van der Waals surface area contributed by atoms with Crippen molar-refractivity contribution in [1.82, 2.24) is 0 Å². The molecule has 0 bridgehead atoms. The van der Waals surface area contributed by atoms with Crippen molar-refractivity contribution in [3.05, 3.63) is 22.7 Å². The van der Waals surface area contributed by atoms with E-state index >= 15 is 0 Å². The second-order valence-electron chi connectivity index (χ2n) is 4.68. The summed E-state index contributed by atoms with van der Waals surface area (Å²) < 4.78 is 15.6. The Labute approximate surface area is 122 Å². The van der Waals surface area contributed by atoms with E-state index in [0.29, 0.717) is 49.0 Å². The Bertz CT molecular complexity index is 492. The number of hydrogen-bond acceptors (Lipinski definition) is 5. The monoisotopic (exact) mass is 299 g/mol. The van der Waals surface area contributed by atoms with Gasteiger partial charge >= 0.3 is 5.97 Å². The number of hydrogen-bond donors (Lipinski definition) is 1. The van der Waals surface area contributed by atoms with Gasteiger partial charge in [-0.1, -0.05) is 11.6 Å². The molecule has 0 saturated heterocycles. The van der Waals surface area contributed by atoms with Gasteiger partial charge < -0.3 is 19.9 Å². The number of nitrogens with two attached hydrogens (primary N) is 1. The second kappa shape index (κ2) is 6.81. The minimum absolute atomic E-state index is 0.132. The zero-order valence-electron chi connectivity index (χ0n) is 11.4. The summed E-state index contributed by atoms with van der Waals surface area (Å²) in [5.74, 6) is 0.990. The van der Waals surface area contributed by atoms with E-state index in [0.717, 1.165) is 5.56 Å². The minimum Gasteiger partial charge on any atom is -0.486 e. The highest BCUT2D eigenvalue weighted by Gasteiger charge is 2.17. The van der Waals surface area contributed by atoms with Gasteiger partial charge in [0.25, 0.3) is 0 Å². The highest BCUT2D eigenvalue weighted by Crippen LogP contribution is 2.38. The molecule has 2 rings (SSSR count). The molecule has 1 aromatic carbocycles. The number of rotatable bonds is 5. The molecule has 5 nitrogen and oxygen atoms in total. The van der Waals surface area contributed by atoms with E-state index < -0.39 is 0 Å². The van der Waals surface area contributed by atoms with Gasteiger partial charge in [-0.25, -0.2) is 0 Å². The maximum Gasteiger partial charge on any atom is 0.305 e. The predicted octanol–water partition coefficient (Wildman–Crippen LogP) is 1.93. The summed E-state index contributed by atoms with van der Waals surface area (Å²) in [6, 6.07) is 3.58. The molecular formula is C14H18ClNO4. The molecule has 0 aliphatic carbocycles. The van der Waals surface area contributed by atoms with E-state index in [-0.39, 0.29) is 12.0 Å². The lowest BCUT2D eigenvalue weighted by atomic mass is 10.0. The van der Waals surface area contributed by atoms with Crippen molar-refractivity contribution in [2.24, 2.45) is 5.73 Å². The topological polar surface area (TPSA) is 70.8 Å². The van der Waals surface area contributed by atoms with Gasteiger partial charge in [0.1, 0.15) is 13.2 Å². The maximum absolute atomic E-state index is 11.1. The first kappa shape index (κ1) is 14.9. The summed E-state index contributed by atoms with van der Waals surface area (Å²) in [7, 11) is 1.37. The van der Waals surface area contributed by atoms with Crippen LogP contribution in [0.15, 0.2) is 12.1 Å². The number of carbonyl (C=O) groups excluding carboxylic acids is 1. The smallest absolute Gasteiger partial charge is 0.305 e. The summed E-state index contributed by atoms with van der Waals surface area (Å²) in [5, 5.41) is 0.525. The van der Waals surface area contributed by atoms with Crippen molar-refractivity contribution in [3.8, 4) is 11.5 Å². The van der Waals surface area contributed by atoms with Gasteiger partial charge in [0.05, 0.1) is 12.1 Å². The molecule has 1 unspecified atom stereocenters. The lowest BCUT2D eigenvalue weighted by Gasteiger charge is -2.21. The first-order valence-corrected chi connectivity index (χ1v) is 6.88. The molecule has 0 amide bonds. The van der Waals surface area contributed by atoms with Gasteiger partial charge in [0, 0.05) is 12.5 Å². The standard InChI is InChI=1S/C14H18ClNO4/c1-18-13(17)3-2-10(16)6-9-7-11(15)14-12(8-9)19-4-5-20-14/h7-8,10H,2-6,16H2,1H3. The van der Waals surface area contributed by atoms with Crippen LogP contribution < -0.4 is 15.2 Å². The number of methoxy groups -OCH3 is 1. The largest absolute Gasteiger partial charge is 0.486 e. The van der Waals surface area contributed by atoms with Crippen molar-refractivity contribution < 1.29 is 19.0 Å². The maximum atomic E-state index is 11.1. The van der Waals surface area contributed by atoms with E-state index in [1.807, 2.05) is 12.1 Å². The number of carbonyl (C=O) groups is 1. The van der Waals surface area contributed by atoms with Crippen molar-refractivity contribution in [3.63, 3.8) is 0 Å². The summed E-state index contributed by atoms with van der Waals surface area (Å²) in [5.41, 5.74) is 6.98. The molecule has 0 aromatic heterocycles. The van der Waals surface area contributed by atoms with Gasteiger partial charge in [0.15, 0.2) is 11.5 Å². The molecule has 1 aromatic rings. The third kappa shape index (κ3) is 3.77. The summed E-state index contributed by atoms with van der Waals surface area (Å²) in [4.78, 5) is 11.1. The van der Waals surface area contributed by atoms with Crippen LogP contribution in [0.4, 0.5) is 0 Å². The highest BCUT2D eigenvalue weighted by molar-refractivity contribution is 6.32. The Kier molecular flexibility index (Phi) is 5.09. The van der Waals surface area contributed by atoms with Gasteiger partial charge in [-0.3, -0.25) is 4.79 Å². The van der Waals surface area contributed by atoms with Crippen LogP contribution in [0.3, 0.4) is 0 Å². The van der Waals surface area contributed by atoms with Gasteiger partial charge in [-0.05, 0) is 30.5 Å². The molecule has 1 aliphatic heterocycles. The third-order valence-corrected chi connectivity index (χ3v) is 3.38. The summed E-state index contributed by atoms with van der Waals surface area (Å²) >= 11 is 6.16. The Morgan fingerprint density at radius 1 is 1.45 bits per heavy atom. The Morgan fingerprint density at radius 2 is 2.20 bits per heavy atom. The average Bonchev–Trinajstić information content (AvgIpc) is 2.44. The molecule has 0 radical (unpaired) electrons. The summed E-state index contributed by atoms with van der Waals surface area (Å²) in [6.07, 6.45) is 1.50. The fourth-order valence-corrected chi connectivity index (χ4v) is 2.38.